The Bertz CT molecular complexity index is 264. The first-order valence-electron chi connectivity index (χ1n) is 4.36. The van der Waals surface area contributed by atoms with Gasteiger partial charge in [-0.25, -0.2) is 0 Å². The predicted molar refractivity (Wildman–Crippen MR) is 54.0 cm³/mol. The molecule has 0 spiro atoms. The summed E-state index contributed by atoms with van der Waals surface area (Å²) in [5, 5.41) is 10.9. The quantitative estimate of drug-likeness (QED) is 0.807. The number of carboxylic acid groups (broad SMARTS) is 1. The zero-order chi connectivity index (χ0) is 9.84. The number of hydrogen-bond acceptors (Lipinski definition) is 2. The van der Waals surface area contributed by atoms with E-state index in [1.54, 1.807) is 11.3 Å². The summed E-state index contributed by atoms with van der Waals surface area (Å²) in [6, 6.07) is 3.95. The molecule has 1 atom stereocenters. The average Bonchev–Trinajstić information content (AvgIpc) is 2.50. The minimum absolute atomic E-state index is 0.194. The third-order valence-corrected chi connectivity index (χ3v) is 3.02. The van der Waals surface area contributed by atoms with E-state index in [0.717, 1.165) is 4.88 Å². The molecular weight excluding hydrogens is 184 g/mol. The van der Waals surface area contributed by atoms with Crippen molar-refractivity contribution in [3.63, 3.8) is 0 Å². The summed E-state index contributed by atoms with van der Waals surface area (Å²) in [5.41, 5.74) is 0. The Morgan fingerprint density at radius 2 is 2.31 bits per heavy atom. The van der Waals surface area contributed by atoms with Crippen LogP contribution in [0.15, 0.2) is 17.5 Å². The van der Waals surface area contributed by atoms with Gasteiger partial charge in [-0.15, -0.1) is 11.3 Å². The van der Waals surface area contributed by atoms with E-state index < -0.39 is 5.97 Å². The molecule has 0 saturated carbocycles. The van der Waals surface area contributed by atoms with Crippen LogP contribution >= 0.6 is 11.3 Å². The molecule has 0 fully saturated rings. The highest BCUT2D eigenvalue weighted by Gasteiger charge is 2.21. The summed E-state index contributed by atoms with van der Waals surface area (Å²) in [6.45, 7) is 3.90. The van der Waals surface area contributed by atoms with Gasteiger partial charge >= 0.3 is 5.97 Å². The van der Waals surface area contributed by atoms with Crippen LogP contribution in [-0.2, 0) is 11.2 Å². The minimum Gasteiger partial charge on any atom is -0.481 e. The van der Waals surface area contributed by atoms with Gasteiger partial charge in [-0.1, -0.05) is 19.9 Å². The first kappa shape index (κ1) is 10.3. The van der Waals surface area contributed by atoms with Crippen molar-refractivity contribution < 1.29 is 9.90 Å². The lowest BCUT2D eigenvalue weighted by Gasteiger charge is -2.14. The van der Waals surface area contributed by atoms with Crippen LogP contribution in [0.25, 0.3) is 0 Å². The monoisotopic (exact) mass is 198 g/mol. The fraction of sp³-hybridized carbons (Fsp3) is 0.500. The summed E-state index contributed by atoms with van der Waals surface area (Å²) in [5.74, 6) is -0.748. The minimum atomic E-state index is -0.691. The standard InChI is InChI=1S/C10H14O2S/c1-7(2)9(10(11)12)6-8-4-3-5-13-8/h3-5,7,9H,6H2,1-2H3,(H,11,12)/t9-/m1/s1. The van der Waals surface area contributed by atoms with Crippen molar-refractivity contribution in [2.45, 2.75) is 20.3 Å². The molecule has 1 heterocycles. The number of hydrogen-bond donors (Lipinski definition) is 1. The maximum absolute atomic E-state index is 10.9. The molecule has 0 aliphatic carbocycles. The second kappa shape index (κ2) is 4.42. The molecule has 1 rings (SSSR count). The molecule has 0 bridgehead atoms. The highest BCUT2D eigenvalue weighted by Crippen LogP contribution is 2.20. The topological polar surface area (TPSA) is 37.3 Å². The normalized spacial score (nSPS) is 13.2. The van der Waals surface area contributed by atoms with Crippen molar-refractivity contribution in [3.05, 3.63) is 22.4 Å². The lowest BCUT2D eigenvalue weighted by Crippen LogP contribution is -2.21. The van der Waals surface area contributed by atoms with E-state index in [1.807, 2.05) is 31.4 Å². The van der Waals surface area contributed by atoms with E-state index in [-0.39, 0.29) is 11.8 Å². The molecule has 0 unspecified atom stereocenters. The molecule has 1 aromatic rings. The van der Waals surface area contributed by atoms with Crippen LogP contribution in [-0.4, -0.2) is 11.1 Å². The van der Waals surface area contributed by atoms with Gasteiger partial charge in [-0.05, 0) is 23.8 Å². The number of rotatable bonds is 4. The van der Waals surface area contributed by atoms with Crippen LogP contribution in [0.1, 0.15) is 18.7 Å². The lowest BCUT2D eigenvalue weighted by atomic mass is 9.92. The summed E-state index contributed by atoms with van der Waals surface area (Å²) in [6.07, 6.45) is 0.657. The van der Waals surface area contributed by atoms with Gasteiger partial charge in [0.1, 0.15) is 0 Å². The molecule has 13 heavy (non-hydrogen) atoms. The van der Waals surface area contributed by atoms with Gasteiger partial charge in [-0.3, -0.25) is 4.79 Å². The largest absolute Gasteiger partial charge is 0.481 e. The van der Waals surface area contributed by atoms with Gasteiger partial charge < -0.3 is 5.11 Å². The average molecular weight is 198 g/mol. The molecule has 0 amide bonds. The maximum atomic E-state index is 10.9. The molecular formula is C10H14O2S. The van der Waals surface area contributed by atoms with Crippen molar-refractivity contribution in [2.24, 2.45) is 11.8 Å². The van der Waals surface area contributed by atoms with E-state index in [0.29, 0.717) is 6.42 Å². The fourth-order valence-corrected chi connectivity index (χ4v) is 2.02. The lowest BCUT2D eigenvalue weighted by molar-refractivity contribution is -0.143. The van der Waals surface area contributed by atoms with Crippen molar-refractivity contribution >= 4 is 17.3 Å². The number of thiophene rings is 1. The van der Waals surface area contributed by atoms with Crippen molar-refractivity contribution in [1.82, 2.24) is 0 Å². The Kier molecular flexibility index (Phi) is 3.48. The molecule has 1 aromatic heterocycles. The highest BCUT2D eigenvalue weighted by atomic mass is 32.1. The molecule has 0 aliphatic heterocycles. The van der Waals surface area contributed by atoms with Gasteiger partial charge in [0.25, 0.3) is 0 Å². The van der Waals surface area contributed by atoms with Crippen molar-refractivity contribution in [3.8, 4) is 0 Å². The second-order valence-corrected chi connectivity index (χ2v) is 4.50. The molecule has 0 saturated heterocycles. The summed E-state index contributed by atoms with van der Waals surface area (Å²) in [7, 11) is 0. The van der Waals surface area contributed by atoms with Crippen LogP contribution in [0.2, 0.25) is 0 Å². The zero-order valence-electron chi connectivity index (χ0n) is 7.86. The van der Waals surface area contributed by atoms with Crippen LogP contribution in [0, 0.1) is 11.8 Å². The number of carboxylic acids is 1. The van der Waals surface area contributed by atoms with Gasteiger partial charge in [0.15, 0.2) is 0 Å². The smallest absolute Gasteiger partial charge is 0.307 e. The Morgan fingerprint density at radius 1 is 1.62 bits per heavy atom. The highest BCUT2D eigenvalue weighted by molar-refractivity contribution is 7.09. The summed E-state index contributed by atoms with van der Waals surface area (Å²) in [4.78, 5) is 12.0. The van der Waals surface area contributed by atoms with Gasteiger partial charge in [0.2, 0.25) is 0 Å². The summed E-state index contributed by atoms with van der Waals surface area (Å²) < 4.78 is 0. The molecule has 0 radical (unpaired) electrons. The van der Waals surface area contributed by atoms with Crippen LogP contribution in [0.5, 0.6) is 0 Å². The van der Waals surface area contributed by atoms with E-state index >= 15 is 0 Å². The van der Waals surface area contributed by atoms with Gasteiger partial charge in [-0.2, -0.15) is 0 Å². The molecule has 2 nitrogen and oxygen atoms in total. The van der Waals surface area contributed by atoms with E-state index in [1.165, 1.54) is 0 Å². The first-order chi connectivity index (χ1) is 6.11. The molecule has 0 aromatic carbocycles. The molecule has 72 valence electrons. The van der Waals surface area contributed by atoms with Crippen LogP contribution in [0.3, 0.4) is 0 Å². The van der Waals surface area contributed by atoms with Crippen LogP contribution in [0.4, 0.5) is 0 Å². The van der Waals surface area contributed by atoms with E-state index in [4.69, 9.17) is 5.11 Å². The van der Waals surface area contributed by atoms with Crippen molar-refractivity contribution in [2.75, 3.05) is 0 Å². The van der Waals surface area contributed by atoms with E-state index in [9.17, 15) is 4.79 Å². The third-order valence-electron chi connectivity index (χ3n) is 2.12. The predicted octanol–water partition coefficient (Wildman–Crippen LogP) is 2.65. The van der Waals surface area contributed by atoms with Crippen LogP contribution < -0.4 is 0 Å². The Labute approximate surface area is 82.2 Å². The SMILES string of the molecule is CC(C)[C@@H](Cc1cccs1)C(=O)O. The van der Waals surface area contributed by atoms with Gasteiger partial charge in [0.05, 0.1) is 5.92 Å². The first-order valence-corrected chi connectivity index (χ1v) is 5.24. The Balaban J connectivity index is 2.63. The fourth-order valence-electron chi connectivity index (χ4n) is 1.25. The molecule has 1 N–H and O–H groups in total. The summed E-state index contributed by atoms with van der Waals surface area (Å²) >= 11 is 1.62. The number of aliphatic carboxylic acids is 1. The molecule has 0 aliphatic rings. The zero-order valence-corrected chi connectivity index (χ0v) is 8.67. The second-order valence-electron chi connectivity index (χ2n) is 3.47. The maximum Gasteiger partial charge on any atom is 0.307 e. The Hall–Kier alpha value is -0.830. The number of carbonyl (C=O) groups is 1. The molecule has 3 heteroatoms. The Morgan fingerprint density at radius 3 is 2.69 bits per heavy atom. The van der Waals surface area contributed by atoms with E-state index in [2.05, 4.69) is 0 Å². The van der Waals surface area contributed by atoms with Gasteiger partial charge in [0, 0.05) is 4.88 Å². The van der Waals surface area contributed by atoms with Crippen molar-refractivity contribution in [1.29, 1.82) is 0 Å². The third kappa shape index (κ3) is 2.84.